The monoisotopic (exact) mass is 320 g/mol. The first-order chi connectivity index (χ1) is 11.0. The molecule has 23 heavy (non-hydrogen) atoms. The van der Waals surface area contributed by atoms with Crippen LogP contribution >= 0.6 is 0 Å². The summed E-state index contributed by atoms with van der Waals surface area (Å²) in [6, 6.07) is 6.62. The van der Waals surface area contributed by atoms with E-state index < -0.39 is 4.92 Å². The Morgan fingerprint density at radius 2 is 2.09 bits per heavy atom. The van der Waals surface area contributed by atoms with Crippen molar-refractivity contribution in [2.24, 2.45) is 11.7 Å². The maximum absolute atomic E-state index is 12.2. The number of carbonyl (C=O) groups excluding carboxylic acids is 1. The van der Waals surface area contributed by atoms with E-state index in [1.165, 1.54) is 6.07 Å². The van der Waals surface area contributed by atoms with E-state index in [1.54, 1.807) is 18.2 Å². The van der Waals surface area contributed by atoms with Crippen molar-refractivity contribution in [1.82, 2.24) is 4.90 Å². The van der Waals surface area contributed by atoms with Gasteiger partial charge >= 0.3 is 0 Å². The molecule has 1 aliphatic heterocycles. The van der Waals surface area contributed by atoms with Gasteiger partial charge in [0.2, 0.25) is 5.91 Å². The molecule has 7 nitrogen and oxygen atoms in total. The van der Waals surface area contributed by atoms with Crippen molar-refractivity contribution >= 4 is 17.3 Å². The van der Waals surface area contributed by atoms with Gasteiger partial charge < -0.3 is 16.0 Å². The Hall–Kier alpha value is -2.15. The van der Waals surface area contributed by atoms with Crippen molar-refractivity contribution in [2.75, 3.05) is 25.0 Å². The molecule has 1 heterocycles. The van der Waals surface area contributed by atoms with E-state index >= 15 is 0 Å². The predicted molar refractivity (Wildman–Crippen MR) is 89.2 cm³/mol. The van der Waals surface area contributed by atoms with Crippen LogP contribution in [0.4, 0.5) is 11.4 Å². The number of carbonyl (C=O) groups is 1. The van der Waals surface area contributed by atoms with Gasteiger partial charge in [0, 0.05) is 38.2 Å². The number of hydrogen-bond donors (Lipinski definition) is 2. The molecule has 0 radical (unpaired) electrons. The average molecular weight is 320 g/mol. The topological polar surface area (TPSA) is 102 Å². The van der Waals surface area contributed by atoms with Crippen molar-refractivity contribution < 1.29 is 9.72 Å². The van der Waals surface area contributed by atoms with Crippen molar-refractivity contribution in [3.05, 3.63) is 34.4 Å². The Kier molecular flexibility index (Phi) is 5.92. The Morgan fingerprint density at radius 1 is 1.43 bits per heavy atom. The zero-order valence-corrected chi connectivity index (χ0v) is 13.4. The second-order valence-electron chi connectivity index (χ2n) is 6.03. The van der Waals surface area contributed by atoms with E-state index in [-0.39, 0.29) is 17.6 Å². The minimum Gasteiger partial charge on any atom is -0.379 e. The smallest absolute Gasteiger partial charge is 0.292 e. The summed E-state index contributed by atoms with van der Waals surface area (Å²) in [6.07, 6.45) is 2.22. The highest BCUT2D eigenvalue weighted by Gasteiger charge is 2.24. The van der Waals surface area contributed by atoms with Gasteiger partial charge in [0.1, 0.15) is 5.69 Å². The van der Waals surface area contributed by atoms with Gasteiger partial charge in [-0.25, -0.2) is 0 Å². The summed E-state index contributed by atoms with van der Waals surface area (Å²) < 4.78 is 0. The molecule has 0 aromatic heterocycles. The molecule has 1 unspecified atom stereocenters. The third-order valence-corrected chi connectivity index (χ3v) is 4.39. The highest BCUT2D eigenvalue weighted by Crippen LogP contribution is 2.23. The number of nitrogens with two attached hydrogens (primary N) is 1. The molecule has 3 N–H and O–H groups in total. The number of likely N-dealkylation sites (tertiary alicyclic amines) is 1. The van der Waals surface area contributed by atoms with Crippen LogP contribution in [0.1, 0.15) is 26.2 Å². The lowest BCUT2D eigenvalue weighted by molar-refractivity contribution is -0.384. The predicted octanol–water partition coefficient (Wildman–Crippen LogP) is 1.98. The Labute approximate surface area is 136 Å². The molecule has 2 rings (SSSR count). The molecule has 1 atom stereocenters. The van der Waals surface area contributed by atoms with Gasteiger partial charge in [-0.2, -0.15) is 0 Å². The molecule has 0 bridgehead atoms. The fourth-order valence-electron chi connectivity index (χ4n) is 2.92. The van der Waals surface area contributed by atoms with Crippen LogP contribution in [0.5, 0.6) is 0 Å². The molecular weight excluding hydrogens is 296 g/mol. The van der Waals surface area contributed by atoms with Gasteiger partial charge in [-0.05, 0) is 31.7 Å². The van der Waals surface area contributed by atoms with Gasteiger partial charge in [-0.1, -0.05) is 12.1 Å². The summed E-state index contributed by atoms with van der Waals surface area (Å²) in [5.74, 6) is 0.573. The quantitative estimate of drug-likeness (QED) is 0.616. The van der Waals surface area contributed by atoms with E-state index in [0.717, 1.165) is 25.9 Å². The summed E-state index contributed by atoms with van der Waals surface area (Å²) in [5, 5.41) is 13.9. The molecule has 1 fully saturated rings. The number of piperidine rings is 1. The number of benzene rings is 1. The number of nitro benzene ring substituents is 1. The second kappa shape index (κ2) is 7.92. The van der Waals surface area contributed by atoms with Gasteiger partial charge in [0.25, 0.3) is 5.69 Å². The van der Waals surface area contributed by atoms with Crippen LogP contribution in [0.3, 0.4) is 0 Å². The fraction of sp³-hybridized carbons (Fsp3) is 0.562. The molecule has 0 saturated carbocycles. The van der Waals surface area contributed by atoms with E-state index in [4.69, 9.17) is 5.73 Å². The first-order valence-electron chi connectivity index (χ1n) is 7.99. The summed E-state index contributed by atoms with van der Waals surface area (Å²) >= 11 is 0. The van der Waals surface area contributed by atoms with Crippen LogP contribution < -0.4 is 11.1 Å². The largest absolute Gasteiger partial charge is 0.379 e. The van der Waals surface area contributed by atoms with Gasteiger partial charge in [-0.3, -0.25) is 14.9 Å². The van der Waals surface area contributed by atoms with Crippen molar-refractivity contribution in [3.8, 4) is 0 Å². The third kappa shape index (κ3) is 4.66. The lowest BCUT2D eigenvalue weighted by Crippen LogP contribution is -2.42. The minimum absolute atomic E-state index is 0.0256. The van der Waals surface area contributed by atoms with Crippen LogP contribution in [0.2, 0.25) is 0 Å². The Balaban J connectivity index is 1.79. The van der Waals surface area contributed by atoms with Gasteiger partial charge in [-0.15, -0.1) is 0 Å². The zero-order chi connectivity index (χ0) is 16.8. The molecule has 0 spiro atoms. The van der Waals surface area contributed by atoms with E-state index in [2.05, 4.69) is 5.32 Å². The van der Waals surface area contributed by atoms with E-state index in [1.807, 2.05) is 11.8 Å². The summed E-state index contributed by atoms with van der Waals surface area (Å²) in [4.78, 5) is 24.6. The average Bonchev–Trinajstić information content (AvgIpc) is 2.55. The molecule has 126 valence electrons. The number of para-hydroxylation sites is 2. The molecule has 0 aliphatic carbocycles. The number of amides is 1. The maximum Gasteiger partial charge on any atom is 0.292 e. The van der Waals surface area contributed by atoms with Crippen molar-refractivity contribution in [1.29, 1.82) is 0 Å². The van der Waals surface area contributed by atoms with Crippen LogP contribution in [0.25, 0.3) is 0 Å². The van der Waals surface area contributed by atoms with Gasteiger partial charge in [0.15, 0.2) is 0 Å². The fourth-order valence-corrected chi connectivity index (χ4v) is 2.92. The molecule has 1 aromatic rings. The van der Waals surface area contributed by atoms with Crippen LogP contribution in [-0.2, 0) is 4.79 Å². The number of nitro groups is 1. The summed E-state index contributed by atoms with van der Waals surface area (Å²) in [7, 11) is 0. The molecule has 1 aromatic carbocycles. The Bertz CT molecular complexity index is 554. The van der Waals surface area contributed by atoms with E-state index in [9.17, 15) is 14.9 Å². The maximum atomic E-state index is 12.2. The lowest BCUT2D eigenvalue weighted by Gasteiger charge is -2.33. The summed E-state index contributed by atoms with van der Waals surface area (Å²) in [5.41, 5.74) is 6.37. The van der Waals surface area contributed by atoms with Crippen LogP contribution in [-0.4, -0.2) is 41.4 Å². The van der Waals surface area contributed by atoms with Crippen molar-refractivity contribution in [3.63, 3.8) is 0 Å². The first kappa shape index (κ1) is 17.2. The van der Waals surface area contributed by atoms with Crippen LogP contribution in [0.15, 0.2) is 24.3 Å². The number of nitrogens with one attached hydrogen (secondary N) is 1. The number of hydrogen-bond acceptors (Lipinski definition) is 5. The number of anilines is 1. The summed E-state index contributed by atoms with van der Waals surface area (Å²) in [6.45, 7) is 3.89. The van der Waals surface area contributed by atoms with Crippen LogP contribution in [0, 0.1) is 16.0 Å². The highest BCUT2D eigenvalue weighted by atomic mass is 16.6. The van der Waals surface area contributed by atoms with E-state index in [0.29, 0.717) is 24.6 Å². The molecule has 1 aliphatic rings. The zero-order valence-electron chi connectivity index (χ0n) is 13.4. The molecule has 1 saturated heterocycles. The molecule has 7 heteroatoms. The lowest BCUT2D eigenvalue weighted by atomic mass is 9.91. The first-order valence-corrected chi connectivity index (χ1v) is 7.99. The second-order valence-corrected chi connectivity index (χ2v) is 6.03. The SMILES string of the molecule is CC(N)C1CCN(C(=O)CCNc2ccccc2[N+](=O)[O-])CC1. The number of nitrogens with zero attached hydrogens (tertiary/aromatic N) is 2. The Morgan fingerprint density at radius 3 is 2.70 bits per heavy atom. The number of rotatable bonds is 6. The molecule has 1 amide bonds. The third-order valence-electron chi connectivity index (χ3n) is 4.39. The van der Waals surface area contributed by atoms with Crippen molar-refractivity contribution in [2.45, 2.75) is 32.2 Å². The minimum atomic E-state index is -0.428. The standard InChI is InChI=1S/C16H24N4O3/c1-12(17)13-7-10-19(11-8-13)16(21)6-9-18-14-4-2-3-5-15(14)20(22)23/h2-5,12-13,18H,6-11,17H2,1H3. The molecular formula is C16H24N4O3. The highest BCUT2D eigenvalue weighted by molar-refractivity contribution is 5.77. The normalized spacial score (nSPS) is 16.9. The van der Waals surface area contributed by atoms with Gasteiger partial charge in [0.05, 0.1) is 4.92 Å².